The Balaban J connectivity index is 1.86. The average molecular weight is 324 g/mol. The molecule has 1 aromatic heterocycles. The minimum absolute atomic E-state index is 0.146. The van der Waals surface area contributed by atoms with Crippen LogP contribution in [-0.2, 0) is 11.3 Å². The largest absolute Gasteiger partial charge is 0.373 e. The highest BCUT2D eigenvalue weighted by atomic mass is 16.2. The molecule has 0 spiro atoms. The van der Waals surface area contributed by atoms with E-state index in [0.717, 1.165) is 32.0 Å². The number of rotatable bonds is 4. The van der Waals surface area contributed by atoms with Gasteiger partial charge in [-0.3, -0.25) is 9.69 Å². The Morgan fingerprint density at radius 1 is 1.21 bits per heavy atom. The quantitative estimate of drug-likeness (QED) is 0.939. The predicted octanol–water partition coefficient (Wildman–Crippen LogP) is 2.53. The molecule has 1 amide bonds. The van der Waals surface area contributed by atoms with Crippen molar-refractivity contribution in [1.29, 1.82) is 0 Å². The van der Waals surface area contributed by atoms with E-state index < -0.39 is 0 Å². The molecule has 1 N–H and O–H groups in total. The monoisotopic (exact) mass is 324 g/mol. The van der Waals surface area contributed by atoms with Crippen molar-refractivity contribution in [2.75, 3.05) is 32.0 Å². The van der Waals surface area contributed by atoms with E-state index in [0.29, 0.717) is 0 Å². The maximum atomic E-state index is 11.8. The number of hydrogen-bond acceptors (Lipinski definition) is 4. The van der Waals surface area contributed by atoms with Gasteiger partial charge in [-0.15, -0.1) is 0 Å². The lowest BCUT2D eigenvalue weighted by Gasteiger charge is -2.41. The first kappa shape index (κ1) is 16.5. The average Bonchev–Trinajstić information content (AvgIpc) is 2.63. The standard InChI is InChI=1S/C19H24N4O/c1-15(24)22-11-12-23(13-17-9-6-10-21-19(17)20-2)18(14-22)16-7-4-3-5-8-16/h3-10,18H,11-14H2,1-2H3,(H,20,21). The molecule has 2 heterocycles. The van der Waals surface area contributed by atoms with Crippen LogP contribution in [0.5, 0.6) is 0 Å². The summed E-state index contributed by atoms with van der Waals surface area (Å²) in [5, 5.41) is 3.16. The zero-order valence-electron chi connectivity index (χ0n) is 14.3. The number of hydrogen-bond donors (Lipinski definition) is 1. The molecule has 3 rings (SSSR count). The van der Waals surface area contributed by atoms with Gasteiger partial charge in [0.25, 0.3) is 0 Å². The second-order valence-corrected chi connectivity index (χ2v) is 6.12. The highest BCUT2D eigenvalue weighted by molar-refractivity contribution is 5.73. The van der Waals surface area contributed by atoms with Crippen LogP contribution in [0.1, 0.15) is 24.1 Å². The van der Waals surface area contributed by atoms with Crippen LogP contribution in [0.2, 0.25) is 0 Å². The summed E-state index contributed by atoms with van der Waals surface area (Å²) in [7, 11) is 1.90. The number of benzene rings is 1. The first-order chi connectivity index (χ1) is 11.7. The van der Waals surface area contributed by atoms with E-state index >= 15 is 0 Å². The zero-order chi connectivity index (χ0) is 16.9. The van der Waals surface area contributed by atoms with E-state index in [9.17, 15) is 4.79 Å². The van der Waals surface area contributed by atoms with Gasteiger partial charge < -0.3 is 10.2 Å². The molecule has 0 radical (unpaired) electrons. The predicted molar refractivity (Wildman–Crippen MR) is 95.6 cm³/mol. The van der Waals surface area contributed by atoms with Crippen molar-refractivity contribution in [1.82, 2.24) is 14.8 Å². The molecule has 1 fully saturated rings. The summed E-state index contributed by atoms with van der Waals surface area (Å²) >= 11 is 0. The lowest BCUT2D eigenvalue weighted by molar-refractivity contribution is -0.132. The molecule has 1 atom stereocenters. The second kappa shape index (κ2) is 7.45. The van der Waals surface area contributed by atoms with Crippen molar-refractivity contribution in [3.63, 3.8) is 0 Å². The number of carbonyl (C=O) groups is 1. The molecule has 0 bridgehead atoms. The third-order valence-electron chi connectivity index (χ3n) is 4.62. The van der Waals surface area contributed by atoms with E-state index in [1.807, 2.05) is 24.1 Å². The molecule has 1 saturated heterocycles. The highest BCUT2D eigenvalue weighted by Crippen LogP contribution is 2.28. The molecular weight excluding hydrogens is 300 g/mol. The van der Waals surface area contributed by atoms with E-state index in [2.05, 4.69) is 45.5 Å². The third kappa shape index (κ3) is 3.57. The zero-order valence-corrected chi connectivity index (χ0v) is 14.3. The number of pyridine rings is 1. The maximum Gasteiger partial charge on any atom is 0.219 e. The molecule has 1 unspecified atom stereocenters. The number of piperazine rings is 1. The van der Waals surface area contributed by atoms with Crippen LogP contribution in [-0.4, -0.2) is 47.4 Å². The van der Waals surface area contributed by atoms with Crippen LogP contribution in [0.25, 0.3) is 0 Å². The number of nitrogens with zero attached hydrogens (tertiary/aromatic N) is 3. The van der Waals surface area contributed by atoms with E-state index in [1.165, 1.54) is 11.1 Å². The van der Waals surface area contributed by atoms with Crippen molar-refractivity contribution in [2.24, 2.45) is 0 Å². The third-order valence-corrected chi connectivity index (χ3v) is 4.62. The van der Waals surface area contributed by atoms with Gasteiger partial charge in [0.05, 0.1) is 6.04 Å². The SMILES string of the molecule is CNc1ncccc1CN1CCN(C(C)=O)CC1c1ccccc1. The Labute approximate surface area is 143 Å². The van der Waals surface area contributed by atoms with Gasteiger partial charge in [-0.25, -0.2) is 4.98 Å². The molecule has 1 aliphatic rings. The van der Waals surface area contributed by atoms with E-state index in [-0.39, 0.29) is 11.9 Å². The van der Waals surface area contributed by atoms with Crippen LogP contribution in [0, 0.1) is 0 Å². The molecular formula is C19H24N4O. The number of carbonyl (C=O) groups excluding carboxylic acids is 1. The molecule has 126 valence electrons. The molecule has 2 aromatic rings. The summed E-state index contributed by atoms with van der Waals surface area (Å²) in [6.07, 6.45) is 1.80. The Bertz CT molecular complexity index is 689. The molecule has 1 aliphatic heterocycles. The van der Waals surface area contributed by atoms with Gasteiger partial charge in [0, 0.05) is 51.9 Å². The Hall–Kier alpha value is -2.40. The van der Waals surface area contributed by atoms with Crippen LogP contribution >= 0.6 is 0 Å². The first-order valence-electron chi connectivity index (χ1n) is 8.35. The van der Waals surface area contributed by atoms with Gasteiger partial charge in [0.1, 0.15) is 5.82 Å². The molecule has 5 nitrogen and oxygen atoms in total. The van der Waals surface area contributed by atoms with Gasteiger partial charge in [-0.05, 0) is 11.6 Å². The van der Waals surface area contributed by atoms with Crippen LogP contribution < -0.4 is 5.32 Å². The summed E-state index contributed by atoms with van der Waals surface area (Å²) in [5.74, 6) is 1.06. The summed E-state index contributed by atoms with van der Waals surface area (Å²) in [6.45, 7) is 4.83. The molecule has 0 aliphatic carbocycles. The van der Waals surface area contributed by atoms with Crippen LogP contribution in [0.15, 0.2) is 48.7 Å². The molecule has 1 aromatic carbocycles. The number of anilines is 1. The fourth-order valence-electron chi connectivity index (χ4n) is 3.30. The lowest BCUT2D eigenvalue weighted by atomic mass is 10.0. The topological polar surface area (TPSA) is 48.5 Å². The van der Waals surface area contributed by atoms with Crippen molar-refractivity contribution in [3.8, 4) is 0 Å². The van der Waals surface area contributed by atoms with Gasteiger partial charge in [0.2, 0.25) is 5.91 Å². The Morgan fingerprint density at radius 2 is 2.00 bits per heavy atom. The number of amides is 1. The number of aromatic nitrogens is 1. The summed E-state index contributed by atoms with van der Waals surface area (Å²) in [5.41, 5.74) is 2.43. The highest BCUT2D eigenvalue weighted by Gasteiger charge is 2.29. The van der Waals surface area contributed by atoms with Gasteiger partial charge in [-0.1, -0.05) is 36.4 Å². The maximum absolute atomic E-state index is 11.8. The van der Waals surface area contributed by atoms with Crippen molar-refractivity contribution in [2.45, 2.75) is 19.5 Å². The van der Waals surface area contributed by atoms with E-state index in [1.54, 1.807) is 13.1 Å². The molecule has 0 saturated carbocycles. The van der Waals surface area contributed by atoms with Crippen molar-refractivity contribution < 1.29 is 4.79 Å². The van der Waals surface area contributed by atoms with Gasteiger partial charge in [0.15, 0.2) is 0 Å². The Kier molecular flexibility index (Phi) is 5.11. The van der Waals surface area contributed by atoms with Gasteiger partial charge in [-0.2, -0.15) is 0 Å². The van der Waals surface area contributed by atoms with Crippen LogP contribution in [0.3, 0.4) is 0 Å². The normalized spacial score (nSPS) is 18.4. The fourth-order valence-corrected chi connectivity index (χ4v) is 3.30. The molecule has 24 heavy (non-hydrogen) atoms. The first-order valence-corrected chi connectivity index (χ1v) is 8.35. The van der Waals surface area contributed by atoms with E-state index in [4.69, 9.17) is 0 Å². The van der Waals surface area contributed by atoms with Crippen LogP contribution in [0.4, 0.5) is 5.82 Å². The Morgan fingerprint density at radius 3 is 2.71 bits per heavy atom. The number of nitrogens with one attached hydrogen (secondary N) is 1. The van der Waals surface area contributed by atoms with Crippen molar-refractivity contribution in [3.05, 3.63) is 59.8 Å². The fraction of sp³-hybridized carbons (Fsp3) is 0.368. The summed E-state index contributed by atoms with van der Waals surface area (Å²) in [4.78, 5) is 20.6. The smallest absolute Gasteiger partial charge is 0.219 e. The van der Waals surface area contributed by atoms with Crippen molar-refractivity contribution >= 4 is 11.7 Å². The second-order valence-electron chi connectivity index (χ2n) is 6.12. The minimum Gasteiger partial charge on any atom is -0.373 e. The molecule has 5 heteroatoms. The minimum atomic E-state index is 0.146. The summed E-state index contributed by atoms with van der Waals surface area (Å²) in [6, 6.07) is 14.7. The summed E-state index contributed by atoms with van der Waals surface area (Å²) < 4.78 is 0. The lowest BCUT2D eigenvalue weighted by Crippen LogP contribution is -2.49. The van der Waals surface area contributed by atoms with Gasteiger partial charge >= 0.3 is 0 Å².